The molecular weight excluding hydrogens is 667 g/mol. The highest BCUT2D eigenvalue weighted by Crippen LogP contribution is 2.56. The molecule has 0 aliphatic carbocycles. The average molecular weight is 705 g/mol. The van der Waals surface area contributed by atoms with Gasteiger partial charge < -0.3 is 20.1 Å². The number of rotatable bonds is 17. The zero-order valence-corrected chi connectivity index (χ0v) is 26.3. The molecule has 3 N–H and O–H groups in total. The zero-order valence-electron chi connectivity index (χ0n) is 25.4. The fourth-order valence-electron chi connectivity index (χ4n) is 5.97. The number of carbonyl (C=O) groups is 1. The van der Waals surface area contributed by atoms with E-state index in [1.807, 2.05) is 24.5 Å². The van der Waals surface area contributed by atoms with Gasteiger partial charge in [-0.2, -0.15) is 39.5 Å². The van der Waals surface area contributed by atoms with E-state index >= 15 is 0 Å². The van der Waals surface area contributed by atoms with Crippen LogP contribution in [-0.2, 0) is 9.54 Å². The Kier molecular flexibility index (Phi) is 12.3. The Labute approximate surface area is 270 Å². The summed E-state index contributed by atoms with van der Waals surface area (Å²) >= 11 is 1.62. The first-order valence-electron chi connectivity index (χ1n) is 15.0. The lowest BCUT2D eigenvalue weighted by Crippen LogP contribution is -2.60. The van der Waals surface area contributed by atoms with Crippen molar-refractivity contribution in [1.29, 1.82) is 0 Å². The zero-order chi connectivity index (χ0) is 35.3. The van der Waals surface area contributed by atoms with Gasteiger partial charge in [0.1, 0.15) is 23.9 Å². The fraction of sp³-hybridized carbons (Fsp3) is 0.594. The molecule has 0 aromatic heterocycles. The Morgan fingerprint density at radius 1 is 0.851 bits per heavy atom. The van der Waals surface area contributed by atoms with Crippen LogP contribution in [0.5, 0.6) is 17.2 Å². The summed E-state index contributed by atoms with van der Waals surface area (Å²) in [5.41, 5.74) is 1.90. The van der Waals surface area contributed by atoms with Gasteiger partial charge in [-0.25, -0.2) is 0 Å². The van der Waals surface area contributed by atoms with Gasteiger partial charge in [-0.1, -0.05) is 56.7 Å². The van der Waals surface area contributed by atoms with E-state index < -0.39 is 53.4 Å². The Hall–Kier alpha value is -2.97. The monoisotopic (exact) mass is 704 g/mol. The molecule has 3 rings (SSSR count). The molecule has 1 aliphatic rings. The number of unbranched alkanes of at least 4 members (excludes halogenated alkanes) is 5. The molecule has 0 fully saturated rings. The van der Waals surface area contributed by atoms with Crippen LogP contribution in [0.2, 0.25) is 0 Å². The van der Waals surface area contributed by atoms with Crippen molar-refractivity contribution in [3.8, 4) is 17.2 Å². The van der Waals surface area contributed by atoms with E-state index in [-0.39, 0.29) is 30.3 Å². The van der Waals surface area contributed by atoms with Crippen LogP contribution in [-0.4, -0.2) is 58.1 Å². The van der Waals surface area contributed by atoms with Gasteiger partial charge in [0, 0.05) is 18.4 Å². The van der Waals surface area contributed by atoms with Crippen LogP contribution in [0.25, 0.3) is 0 Å². The number of alkyl halides is 9. The molecule has 5 nitrogen and oxygen atoms in total. The minimum atomic E-state index is -7.00. The number of hydrogen-bond donors (Lipinski definition) is 3. The number of carboxylic acid groups (broad SMARTS) is 1. The second kappa shape index (κ2) is 15.1. The van der Waals surface area contributed by atoms with E-state index in [4.69, 9.17) is 4.74 Å². The molecule has 0 bridgehead atoms. The Morgan fingerprint density at radius 3 is 2.00 bits per heavy atom. The molecule has 264 valence electrons. The van der Waals surface area contributed by atoms with Crippen LogP contribution in [0.1, 0.15) is 81.3 Å². The largest absolute Gasteiger partial charge is 0.508 e. The van der Waals surface area contributed by atoms with Crippen molar-refractivity contribution >= 4 is 17.7 Å². The summed E-state index contributed by atoms with van der Waals surface area (Å²) in [7, 11) is 0. The fourth-order valence-corrected chi connectivity index (χ4v) is 7.04. The van der Waals surface area contributed by atoms with Crippen molar-refractivity contribution in [2.75, 3.05) is 12.9 Å². The standard InChI is InChI=1S/C32H37F9O5S/c1-47-28(21-10-12-22(42)13-11-21)19-46-26-18-23(43)14-15-24(26)25(28)9-7-5-3-2-4-6-8-20(27(44)45)16-17-29(33,34)30(35,36)31(37,38)32(39,40)41/h10-15,18,20,25,42-43H,2-9,16-17,19H2,1H3,(H,44,45). The number of carboxylic acids is 1. The summed E-state index contributed by atoms with van der Waals surface area (Å²) in [6, 6.07) is 11.9. The smallest absolute Gasteiger partial charge is 0.460 e. The summed E-state index contributed by atoms with van der Waals surface area (Å²) in [6.45, 7) is 0.332. The van der Waals surface area contributed by atoms with E-state index in [1.54, 1.807) is 36.0 Å². The summed E-state index contributed by atoms with van der Waals surface area (Å²) in [5, 5.41) is 29.1. The number of benzene rings is 2. The van der Waals surface area contributed by atoms with E-state index in [2.05, 4.69) is 0 Å². The maximum Gasteiger partial charge on any atom is 0.460 e. The summed E-state index contributed by atoms with van der Waals surface area (Å²) in [6.07, 6.45) is -4.20. The van der Waals surface area contributed by atoms with E-state index in [0.717, 1.165) is 36.8 Å². The Morgan fingerprint density at radius 2 is 1.43 bits per heavy atom. The van der Waals surface area contributed by atoms with Gasteiger partial charge in [-0.3, -0.25) is 4.79 Å². The number of thioether (sulfide) groups is 1. The van der Waals surface area contributed by atoms with E-state index in [0.29, 0.717) is 25.2 Å². The first-order valence-corrected chi connectivity index (χ1v) is 16.3. The molecule has 15 heteroatoms. The normalized spacial score (nSPS) is 19.6. The number of phenols is 2. The minimum absolute atomic E-state index is 0.00990. The number of halogens is 9. The van der Waals surface area contributed by atoms with Gasteiger partial charge >= 0.3 is 29.9 Å². The molecule has 47 heavy (non-hydrogen) atoms. The second-order valence-electron chi connectivity index (χ2n) is 11.8. The first kappa shape index (κ1) is 38.5. The number of phenolic OH excluding ortho intramolecular Hbond substituents is 2. The van der Waals surface area contributed by atoms with Crippen LogP contribution in [0, 0.1) is 5.92 Å². The van der Waals surface area contributed by atoms with Crippen LogP contribution in [0.15, 0.2) is 42.5 Å². The summed E-state index contributed by atoms with van der Waals surface area (Å²) in [5.74, 6) is -22.0. The molecule has 0 saturated carbocycles. The molecule has 0 amide bonds. The number of aliphatic carboxylic acids is 1. The minimum Gasteiger partial charge on any atom is -0.508 e. The third-order valence-electron chi connectivity index (χ3n) is 8.76. The van der Waals surface area contributed by atoms with Crippen molar-refractivity contribution < 1.29 is 64.4 Å². The quantitative estimate of drug-likeness (QED) is 0.112. The van der Waals surface area contributed by atoms with Crippen molar-refractivity contribution in [1.82, 2.24) is 0 Å². The Balaban J connectivity index is 1.52. The second-order valence-corrected chi connectivity index (χ2v) is 13.0. The molecule has 3 atom stereocenters. The molecule has 2 aromatic carbocycles. The predicted octanol–water partition coefficient (Wildman–Crippen LogP) is 9.90. The maximum absolute atomic E-state index is 13.9. The van der Waals surface area contributed by atoms with Crippen molar-refractivity contribution in [3.63, 3.8) is 0 Å². The van der Waals surface area contributed by atoms with Crippen molar-refractivity contribution in [3.05, 3.63) is 53.6 Å². The number of hydrogen-bond acceptors (Lipinski definition) is 5. The molecule has 0 spiro atoms. The van der Waals surface area contributed by atoms with Crippen LogP contribution >= 0.6 is 11.8 Å². The molecule has 1 heterocycles. The highest BCUT2D eigenvalue weighted by atomic mass is 32.2. The lowest BCUT2D eigenvalue weighted by molar-refractivity contribution is -0.396. The Bertz CT molecular complexity index is 1340. The lowest BCUT2D eigenvalue weighted by atomic mass is 9.76. The third-order valence-corrected chi connectivity index (χ3v) is 10.1. The lowest BCUT2D eigenvalue weighted by Gasteiger charge is -2.44. The highest BCUT2D eigenvalue weighted by molar-refractivity contribution is 7.99. The maximum atomic E-state index is 13.9. The molecule has 2 aromatic rings. The summed E-state index contributed by atoms with van der Waals surface area (Å²) < 4.78 is 124. The van der Waals surface area contributed by atoms with Crippen LogP contribution < -0.4 is 4.74 Å². The van der Waals surface area contributed by atoms with E-state index in [1.165, 1.54) is 0 Å². The number of fused-ring (bicyclic) bond motifs is 1. The molecular formula is C32H37F9O5S. The molecule has 0 saturated heterocycles. The van der Waals surface area contributed by atoms with Crippen molar-refractivity contribution in [2.24, 2.45) is 5.92 Å². The average Bonchev–Trinajstić information content (AvgIpc) is 2.99. The SMILES string of the molecule is CSC1(c2ccc(O)cc2)COc2cc(O)ccc2C1CCCCCCCCC(CCC(F)(F)C(F)(F)C(F)(F)C(F)(F)F)C(=O)O. The van der Waals surface area contributed by atoms with E-state index in [9.17, 15) is 59.6 Å². The van der Waals surface area contributed by atoms with Crippen molar-refractivity contribution in [2.45, 2.75) is 98.8 Å². The van der Waals surface area contributed by atoms with Gasteiger partial charge in [0.05, 0.1) is 10.7 Å². The van der Waals surface area contributed by atoms with Gasteiger partial charge in [0.25, 0.3) is 0 Å². The number of aromatic hydroxyl groups is 2. The van der Waals surface area contributed by atoms with Gasteiger partial charge in [0.15, 0.2) is 0 Å². The highest BCUT2D eigenvalue weighted by Gasteiger charge is 2.81. The van der Waals surface area contributed by atoms with Crippen LogP contribution in [0.3, 0.4) is 0 Å². The number of ether oxygens (including phenoxy) is 1. The third kappa shape index (κ3) is 8.37. The molecule has 1 aliphatic heterocycles. The van der Waals surface area contributed by atoms with Gasteiger partial charge in [-0.15, -0.1) is 11.8 Å². The molecule has 3 unspecified atom stereocenters. The van der Waals surface area contributed by atoms with Gasteiger partial charge in [0.2, 0.25) is 0 Å². The predicted molar refractivity (Wildman–Crippen MR) is 158 cm³/mol. The molecule has 0 radical (unpaired) electrons. The summed E-state index contributed by atoms with van der Waals surface area (Å²) in [4.78, 5) is 11.5. The van der Waals surface area contributed by atoms with Gasteiger partial charge in [-0.05, 0) is 54.8 Å². The topological polar surface area (TPSA) is 87.0 Å². The van der Waals surface area contributed by atoms with Crippen LogP contribution in [0.4, 0.5) is 39.5 Å². The first-order chi connectivity index (χ1) is 21.8.